The van der Waals surface area contributed by atoms with E-state index >= 15 is 0 Å². The van der Waals surface area contributed by atoms with Gasteiger partial charge >= 0.3 is 6.18 Å². The maximum atomic E-state index is 15.0. The van der Waals surface area contributed by atoms with Crippen LogP contribution >= 0.6 is 0 Å². The van der Waals surface area contributed by atoms with Crippen molar-refractivity contribution in [1.82, 2.24) is 10.2 Å². The van der Waals surface area contributed by atoms with E-state index in [0.29, 0.717) is 0 Å². The zero-order chi connectivity index (χ0) is 28.0. The molecule has 0 bridgehead atoms. The minimum Gasteiger partial charge on any atom is -0.493 e. The third-order valence-electron chi connectivity index (χ3n) is 6.67. The summed E-state index contributed by atoms with van der Waals surface area (Å²) in [5.41, 5.74) is -5.47. The van der Waals surface area contributed by atoms with E-state index < -0.39 is 40.3 Å². The zero-order valence-corrected chi connectivity index (χ0v) is 21.4. The maximum Gasteiger partial charge on any atom is 0.425 e. The minimum absolute atomic E-state index is 0.0123. The Morgan fingerprint density at radius 3 is 2.21 bits per heavy atom. The topological polar surface area (TPSA) is 107 Å². The van der Waals surface area contributed by atoms with E-state index in [1.54, 1.807) is 13.8 Å². The molecule has 9 nitrogen and oxygen atoms in total. The summed E-state index contributed by atoms with van der Waals surface area (Å²) in [6.45, 7) is 3.12. The number of methoxy groups -OCH3 is 3. The van der Waals surface area contributed by atoms with Crippen LogP contribution in [0.1, 0.15) is 42.8 Å². The number of allylic oxidation sites excluding steroid dienone is 1. The quantitative estimate of drug-likeness (QED) is 0.570. The number of furan rings is 1. The first-order valence-electron chi connectivity index (χ1n) is 11.6. The highest BCUT2D eigenvalue weighted by atomic mass is 19.4. The third kappa shape index (κ3) is 4.27. The van der Waals surface area contributed by atoms with Crippen LogP contribution in [0.15, 0.2) is 46.2 Å². The Labute approximate surface area is 216 Å². The second-order valence-electron chi connectivity index (χ2n) is 9.85. The largest absolute Gasteiger partial charge is 0.493 e. The van der Waals surface area contributed by atoms with Gasteiger partial charge in [0.05, 0.1) is 39.7 Å². The van der Waals surface area contributed by atoms with Crippen molar-refractivity contribution < 1.29 is 46.2 Å². The molecule has 1 aromatic carbocycles. The Hall–Kier alpha value is -3.96. The first-order chi connectivity index (χ1) is 17.8. The lowest BCUT2D eigenvalue weighted by molar-refractivity contribution is -0.191. The van der Waals surface area contributed by atoms with E-state index in [-0.39, 0.29) is 53.7 Å². The summed E-state index contributed by atoms with van der Waals surface area (Å²) in [6.07, 6.45) is -4.25. The molecule has 2 amide bonds. The Kier molecular flexibility index (Phi) is 6.71. The number of alkyl halides is 3. The summed E-state index contributed by atoms with van der Waals surface area (Å²) < 4.78 is 65.9. The number of halogens is 3. The molecule has 0 fully saturated rings. The molecule has 38 heavy (non-hydrogen) atoms. The third-order valence-corrected chi connectivity index (χ3v) is 6.67. The molecule has 0 saturated heterocycles. The van der Waals surface area contributed by atoms with Crippen LogP contribution in [0.25, 0.3) is 0 Å². The standard InChI is InChI=1S/C26H27F3N2O7/c1-24(2)11-16-20(17(32)12-24)25(26(27,28)29,23(34)31(16)13-15-7-6-8-38-15)30-22(33)14-9-18(35-3)21(37-5)19(10-14)36-4/h6-10H,11-13H2,1-5H3,(H,30,33)/t25-/m0/s1. The number of Topliss-reactive ketones (excluding diaryl/α,β-unsaturated/α-hetero) is 1. The van der Waals surface area contributed by atoms with Gasteiger partial charge in [-0.2, -0.15) is 13.2 Å². The lowest BCUT2D eigenvalue weighted by Gasteiger charge is -2.35. The van der Waals surface area contributed by atoms with E-state index in [1.165, 1.54) is 39.7 Å². The summed E-state index contributed by atoms with van der Waals surface area (Å²) in [6, 6.07) is 5.35. The number of amides is 2. The summed E-state index contributed by atoms with van der Waals surface area (Å²) in [5.74, 6) is -3.24. The molecule has 1 N–H and O–H groups in total. The predicted molar refractivity (Wildman–Crippen MR) is 127 cm³/mol. The molecule has 0 spiro atoms. The monoisotopic (exact) mass is 536 g/mol. The molecular formula is C26H27F3N2O7. The van der Waals surface area contributed by atoms with Gasteiger partial charge in [0.15, 0.2) is 17.3 Å². The molecule has 0 unspecified atom stereocenters. The van der Waals surface area contributed by atoms with Gasteiger partial charge in [-0.25, -0.2) is 0 Å². The lowest BCUT2D eigenvalue weighted by atomic mass is 9.72. The van der Waals surface area contributed by atoms with Gasteiger partial charge in [0.2, 0.25) is 11.3 Å². The number of hydrogen-bond donors (Lipinski definition) is 1. The van der Waals surface area contributed by atoms with Crippen LogP contribution < -0.4 is 19.5 Å². The number of nitrogens with one attached hydrogen (secondary N) is 1. The number of carbonyl (C=O) groups is 3. The van der Waals surface area contributed by atoms with Gasteiger partial charge in [-0.15, -0.1) is 0 Å². The van der Waals surface area contributed by atoms with Crippen LogP contribution in [0.4, 0.5) is 13.2 Å². The second kappa shape index (κ2) is 9.41. The van der Waals surface area contributed by atoms with Gasteiger partial charge < -0.3 is 28.8 Å². The van der Waals surface area contributed by atoms with Crippen LogP contribution in [0.5, 0.6) is 17.2 Å². The van der Waals surface area contributed by atoms with E-state index in [2.05, 4.69) is 0 Å². The first kappa shape index (κ1) is 27.1. The molecule has 1 atom stereocenters. The molecule has 2 heterocycles. The Morgan fingerprint density at radius 1 is 1.08 bits per heavy atom. The highest BCUT2D eigenvalue weighted by molar-refractivity contribution is 6.14. The average molecular weight is 537 g/mol. The number of benzene rings is 1. The Bertz CT molecular complexity index is 1290. The molecule has 0 radical (unpaired) electrons. The number of ketones is 1. The van der Waals surface area contributed by atoms with Crippen molar-refractivity contribution in [1.29, 1.82) is 0 Å². The van der Waals surface area contributed by atoms with Crippen LogP contribution in [-0.2, 0) is 16.1 Å². The van der Waals surface area contributed by atoms with Crippen molar-refractivity contribution in [3.05, 3.63) is 53.1 Å². The van der Waals surface area contributed by atoms with Crippen LogP contribution in [-0.4, -0.2) is 55.5 Å². The van der Waals surface area contributed by atoms with Crippen molar-refractivity contribution in [2.24, 2.45) is 5.41 Å². The summed E-state index contributed by atoms with van der Waals surface area (Å²) in [7, 11) is 3.89. The van der Waals surface area contributed by atoms with Crippen molar-refractivity contribution in [3.63, 3.8) is 0 Å². The minimum atomic E-state index is -5.35. The van der Waals surface area contributed by atoms with Crippen LogP contribution in [0.3, 0.4) is 0 Å². The molecule has 2 aromatic rings. The SMILES string of the molecule is COc1cc(C(=O)N[C@]2(C(F)(F)F)C(=O)N(Cc3ccco3)C3=C2C(=O)CC(C)(C)C3)cc(OC)c1OC. The number of carbonyl (C=O) groups excluding carboxylic acids is 3. The summed E-state index contributed by atoms with van der Waals surface area (Å²) in [4.78, 5) is 41.3. The van der Waals surface area contributed by atoms with Crippen LogP contribution in [0.2, 0.25) is 0 Å². The lowest BCUT2D eigenvalue weighted by Crippen LogP contribution is -2.66. The first-order valence-corrected chi connectivity index (χ1v) is 11.6. The van der Waals surface area contributed by atoms with Crippen molar-refractivity contribution in [3.8, 4) is 17.2 Å². The molecule has 1 aliphatic heterocycles. The Morgan fingerprint density at radius 2 is 1.71 bits per heavy atom. The Balaban J connectivity index is 1.87. The van der Waals surface area contributed by atoms with Crippen molar-refractivity contribution >= 4 is 17.6 Å². The highest BCUT2D eigenvalue weighted by Crippen LogP contribution is 2.52. The fraction of sp³-hybridized carbons (Fsp3) is 0.423. The van der Waals surface area contributed by atoms with Gasteiger partial charge in [0.25, 0.3) is 11.8 Å². The van der Waals surface area contributed by atoms with E-state index in [1.807, 2.05) is 5.32 Å². The number of rotatable bonds is 7. The smallest absolute Gasteiger partial charge is 0.425 e. The molecule has 1 aromatic heterocycles. The number of hydrogen-bond acceptors (Lipinski definition) is 7. The average Bonchev–Trinajstić information content (AvgIpc) is 3.43. The molecule has 2 aliphatic rings. The van der Waals surface area contributed by atoms with E-state index in [9.17, 15) is 27.6 Å². The van der Waals surface area contributed by atoms with Crippen molar-refractivity contribution in [2.45, 2.75) is 44.9 Å². The molecule has 0 saturated carbocycles. The van der Waals surface area contributed by atoms with Gasteiger partial charge in [-0.1, -0.05) is 13.8 Å². The highest BCUT2D eigenvalue weighted by Gasteiger charge is 2.71. The van der Waals surface area contributed by atoms with Crippen LogP contribution in [0, 0.1) is 5.41 Å². The van der Waals surface area contributed by atoms with Gasteiger partial charge in [-0.3, -0.25) is 14.4 Å². The predicted octanol–water partition coefficient (Wildman–Crippen LogP) is 4.02. The van der Waals surface area contributed by atoms with Gasteiger partial charge in [-0.05, 0) is 36.1 Å². The molecule has 1 aliphatic carbocycles. The fourth-order valence-corrected chi connectivity index (χ4v) is 5.01. The zero-order valence-electron chi connectivity index (χ0n) is 21.4. The van der Waals surface area contributed by atoms with E-state index in [0.717, 1.165) is 17.0 Å². The normalized spacial score (nSPS) is 20.9. The summed E-state index contributed by atoms with van der Waals surface area (Å²) >= 11 is 0. The maximum absolute atomic E-state index is 15.0. The van der Waals surface area contributed by atoms with E-state index in [4.69, 9.17) is 18.6 Å². The molecule has 204 valence electrons. The number of ether oxygens (including phenoxy) is 3. The van der Waals surface area contributed by atoms with Crippen molar-refractivity contribution in [2.75, 3.05) is 21.3 Å². The number of nitrogens with zero attached hydrogens (tertiary/aromatic N) is 1. The fourth-order valence-electron chi connectivity index (χ4n) is 5.01. The van der Waals surface area contributed by atoms with Gasteiger partial charge in [0.1, 0.15) is 5.76 Å². The molecular weight excluding hydrogens is 509 g/mol. The van der Waals surface area contributed by atoms with Gasteiger partial charge in [0, 0.05) is 17.7 Å². The second-order valence-corrected chi connectivity index (χ2v) is 9.85. The molecule has 12 heteroatoms. The summed E-state index contributed by atoms with van der Waals surface area (Å²) in [5, 5.41) is 1.89. The molecule has 4 rings (SSSR count).